The van der Waals surface area contributed by atoms with Gasteiger partial charge in [-0.25, -0.2) is 13.2 Å². The summed E-state index contributed by atoms with van der Waals surface area (Å²) in [5.41, 5.74) is 1.56. The Bertz CT molecular complexity index is 893. The zero-order valence-electron chi connectivity index (χ0n) is 15.3. The molecule has 6 heteroatoms. The SMILES string of the molecule is COC(=O)/C(=C/Nc1ccccc1)S(=O)(=O)c1ccc(C(C)(C)C)cc1. The van der Waals surface area contributed by atoms with Crippen LogP contribution in [0.15, 0.2) is 70.6 Å². The molecular weight excluding hydrogens is 350 g/mol. The van der Waals surface area contributed by atoms with Crippen molar-refractivity contribution in [1.29, 1.82) is 0 Å². The lowest BCUT2D eigenvalue weighted by molar-refractivity contribution is -0.135. The summed E-state index contributed by atoms with van der Waals surface area (Å²) in [6.07, 6.45) is 1.16. The summed E-state index contributed by atoms with van der Waals surface area (Å²) in [5.74, 6) is -0.923. The van der Waals surface area contributed by atoms with E-state index in [-0.39, 0.29) is 10.3 Å². The zero-order valence-corrected chi connectivity index (χ0v) is 16.1. The van der Waals surface area contributed by atoms with Crippen LogP contribution in [0.3, 0.4) is 0 Å². The van der Waals surface area contributed by atoms with Crippen LogP contribution in [0.5, 0.6) is 0 Å². The van der Waals surface area contributed by atoms with Crippen LogP contribution < -0.4 is 5.32 Å². The Morgan fingerprint density at radius 2 is 1.58 bits per heavy atom. The number of rotatable bonds is 5. The summed E-state index contributed by atoms with van der Waals surface area (Å²) in [6.45, 7) is 6.13. The number of carbonyl (C=O) groups is 1. The van der Waals surface area contributed by atoms with Crippen LogP contribution in [0.4, 0.5) is 5.69 Å². The Morgan fingerprint density at radius 1 is 1.00 bits per heavy atom. The van der Waals surface area contributed by atoms with E-state index in [4.69, 9.17) is 0 Å². The minimum Gasteiger partial charge on any atom is -0.465 e. The molecule has 0 aliphatic carbocycles. The highest BCUT2D eigenvalue weighted by Crippen LogP contribution is 2.26. The van der Waals surface area contributed by atoms with Gasteiger partial charge in [0, 0.05) is 11.9 Å². The molecule has 5 nitrogen and oxygen atoms in total. The number of hydrogen-bond acceptors (Lipinski definition) is 5. The van der Waals surface area contributed by atoms with Gasteiger partial charge < -0.3 is 10.1 Å². The fourth-order valence-corrected chi connectivity index (χ4v) is 3.56. The second-order valence-corrected chi connectivity index (χ2v) is 8.71. The maximum Gasteiger partial charge on any atom is 0.351 e. The summed E-state index contributed by atoms with van der Waals surface area (Å²) in [5, 5.41) is 2.83. The first kappa shape index (κ1) is 19.7. The first-order chi connectivity index (χ1) is 12.2. The quantitative estimate of drug-likeness (QED) is 0.636. The van der Waals surface area contributed by atoms with E-state index in [9.17, 15) is 13.2 Å². The predicted molar refractivity (Wildman–Crippen MR) is 102 cm³/mol. The van der Waals surface area contributed by atoms with E-state index in [1.165, 1.54) is 12.1 Å². The van der Waals surface area contributed by atoms with Gasteiger partial charge in [0.2, 0.25) is 9.84 Å². The lowest BCUT2D eigenvalue weighted by Crippen LogP contribution is -2.17. The van der Waals surface area contributed by atoms with Crippen LogP contribution in [-0.4, -0.2) is 21.5 Å². The molecule has 1 N–H and O–H groups in total. The molecule has 0 atom stereocenters. The van der Waals surface area contributed by atoms with Gasteiger partial charge in [-0.3, -0.25) is 0 Å². The maximum absolute atomic E-state index is 12.9. The van der Waals surface area contributed by atoms with Crippen molar-refractivity contribution in [3.63, 3.8) is 0 Å². The molecule has 0 aliphatic rings. The average molecular weight is 373 g/mol. The molecule has 0 aromatic heterocycles. The Kier molecular flexibility index (Phi) is 5.87. The number of ether oxygens (including phenoxy) is 1. The molecule has 0 spiro atoms. The van der Waals surface area contributed by atoms with Gasteiger partial charge in [-0.1, -0.05) is 51.1 Å². The third-order valence-corrected chi connectivity index (χ3v) is 5.61. The number of esters is 1. The van der Waals surface area contributed by atoms with Crippen molar-refractivity contribution in [3.05, 3.63) is 71.3 Å². The number of sulfone groups is 1. The van der Waals surface area contributed by atoms with Crippen molar-refractivity contribution in [2.24, 2.45) is 0 Å². The molecule has 0 saturated heterocycles. The lowest BCUT2D eigenvalue weighted by atomic mass is 9.87. The van der Waals surface area contributed by atoms with Crippen LogP contribution in [0.25, 0.3) is 0 Å². The summed E-state index contributed by atoms with van der Waals surface area (Å²) in [6, 6.07) is 15.5. The smallest absolute Gasteiger partial charge is 0.351 e. The number of para-hydroxylation sites is 1. The summed E-state index contributed by atoms with van der Waals surface area (Å²) >= 11 is 0. The summed E-state index contributed by atoms with van der Waals surface area (Å²) in [7, 11) is -2.87. The minimum absolute atomic E-state index is 0.0389. The molecule has 0 amide bonds. The van der Waals surface area contributed by atoms with Crippen molar-refractivity contribution in [2.45, 2.75) is 31.1 Å². The number of anilines is 1. The molecule has 0 radical (unpaired) electrons. The fourth-order valence-electron chi connectivity index (χ4n) is 2.29. The van der Waals surface area contributed by atoms with Crippen molar-refractivity contribution in [3.8, 4) is 0 Å². The topological polar surface area (TPSA) is 72.5 Å². The van der Waals surface area contributed by atoms with Gasteiger partial charge in [-0.2, -0.15) is 0 Å². The van der Waals surface area contributed by atoms with E-state index in [1.54, 1.807) is 36.4 Å². The molecule has 0 bridgehead atoms. The van der Waals surface area contributed by atoms with Crippen LogP contribution >= 0.6 is 0 Å². The molecular formula is C20H23NO4S. The van der Waals surface area contributed by atoms with Crippen molar-refractivity contribution in [2.75, 3.05) is 12.4 Å². The first-order valence-corrected chi connectivity index (χ1v) is 9.60. The molecule has 0 saturated carbocycles. The molecule has 2 rings (SSSR count). The Hall–Kier alpha value is -2.60. The number of carbonyl (C=O) groups excluding carboxylic acids is 1. The molecule has 138 valence electrons. The van der Waals surface area contributed by atoms with Crippen LogP contribution in [0.1, 0.15) is 26.3 Å². The van der Waals surface area contributed by atoms with E-state index in [0.29, 0.717) is 5.69 Å². The molecule has 2 aromatic carbocycles. The highest BCUT2D eigenvalue weighted by Gasteiger charge is 2.28. The number of nitrogens with one attached hydrogen (secondary N) is 1. The van der Waals surface area contributed by atoms with Gasteiger partial charge in [0.05, 0.1) is 12.0 Å². The van der Waals surface area contributed by atoms with Crippen LogP contribution in [-0.2, 0) is 24.8 Å². The standard InChI is InChI=1S/C20H23NO4S/c1-20(2,3)15-10-12-17(13-11-15)26(23,24)18(19(22)25-4)14-21-16-8-6-5-7-9-16/h5-14,21H,1-4H3/b18-14-. The molecule has 0 fully saturated rings. The Balaban J connectivity index is 2.41. The van der Waals surface area contributed by atoms with Gasteiger partial charge in [-0.05, 0) is 35.2 Å². The van der Waals surface area contributed by atoms with Gasteiger partial charge in [0.25, 0.3) is 0 Å². The van der Waals surface area contributed by atoms with Gasteiger partial charge in [-0.15, -0.1) is 0 Å². The third-order valence-electron chi connectivity index (χ3n) is 3.85. The van der Waals surface area contributed by atoms with E-state index >= 15 is 0 Å². The summed E-state index contributed by atoms with van der Waals surface area (Å²) < 4.78 is 30.5. The molecule has 0 unspecified atom stereocenters. The first-order valence-electron chi connectivity index (χ1n) is 8.12. The van der Waals surface area contributed by atoms with E-state index in [0.717, 1.165) is 18.9 Å². The Morgan fingerprint density at radius 3 is 2.08 bits per heavy atom. The number of hydrogen-bond donors (Lipinski definition) is 1. The van der Waals surface area contributed by atoms with Crippen molar-refractivity contribution < 1.29 is 17.9 Å². The van der Waals surface area contributed by atoms with E-state index < -0.39 is 20.7 Å². The normalized spacial score (nSPS) is 12.5. The highest BCUT2D eigenvalue weighted by atomic mass is 32.2. The lowest BCUT2D eigenvalue weighted by Gasteiger charge is -2.19. The van der Waals surface area contributed by atoms with Crippen LogP contribution in [0, 0.1) is 0 Å². The third kappa shape index (κ3) is 4.52. The molecule has 0 heterocycles. The second kappa shape index (κ2) is 7.74. The largest absolute Gasteiger partial charge is 0.465 e. The molecule has 0 aliphatic heterocycles. The highest BCUT2D eigenvalue weighted by molar-refractivity contribution is 7.96. The fraction of sp³-hybridized carbons (Fsp3) is 0.250. The zero-order chi connectivity index (χ0) is 19.4. The molecule has 26 heavy (non-hydrogen) atoms. The van der Waals surface area contributed by atoms with Gasteiger partial charge in [0.15, 0.2) is 4.91 Å². The molecule has 2 aromatic rings. The number of methoxy groups -OCH3 is 1. The van der Waals surface area contributed by atoms with Crippen molar-refractivity contribution >= 4 is 21.5 Å². The predicted octanol–water partition coefficient (Wildman–Crippen LogP) is 3.88. The van der Waals surface area contributed by atoms with Gasteiger partial charge in [0.1, 0.15) is 0 Å². The number of benzene rings is 2. The van der Waals surface area contributed by atoms with Crippen molar-refractivity contribution in [1.82, 2.24) is 0 Å². The minimum atomic E-state index is -4.02. The maximum atomic E-state index is 12.9. The average Bonchev–Trinajstić information content (AvgIpc) is 2.61. The van der Waals surface area contributed by atoms with E-state index in [1.807, 2.05) is 26.8 Å². The van der Waals surface area contributed by atoms with Crippen LogP contribution in [0.2, 0.25) is 0 Å². The second-order valence-electron chi connectivity index (χ2n) is 6.79. The monoisotopic (exact) mass is 373 g/mol. The Labute approximate surface area is 154 Å². The van der Waals surface area contributed by atoms with Gasteiger partial charge >= 0.3 is 5.97 Å². The summed E-state index contributed by atoms with van der Waals surface area (Å²) in [4.78, 5) is 11.7. The van der Waals surface area contributed by atoms with E-state index in [2.05, 4.69) is 10.1 Å².